The first-order valence-corrected chi connectivity index (χ1v) is 7.71. The molecule has 0 radical (unpaired) electrons. The van der Waals surface area contributed by atoms with Crippen molar-refractivity contribution in [1.29, 1.82) is 0 Å². The van der Waals surface area contributed by atoms with Crippen molar-refractivity contribution in [3.63, 3.8) is 0 Å². The van der Waals surface area contributed by atoms with Crippen molar-refractivity contribution in [3.8, 4) is 5.69 Å². The van der Waals surface area contributed by atoms with E-state index in [2.05, 4.69) is 46.1 Å². The zero-order valence-corrected chi connectivity index (χ0v) is 12.6. The van der Waals surface area contributed by atoms with Crippen LogP contribution in [0.15, 0.2) is 36.5 Å². The molecule has 1 aliphatic rings. The molecule has 1 aliphatic heterocycles. The van der Waals surface area contributed by atoms with Gasteiger partial charge >= 0.3 is 0 Å². The Balaban J connectivity index is 1.63. The molecule has 2 heterocycles. The maximum atomic E-state index is 5.40. The molecule has 0 aliphatic carbocycles. The Kier molecular flexibility index (Phi) is 4.68. The van der Waals surface area contributed by atoms with Crippen LogP contribution in [0.1, 0.15) is 24.4 Å². The van der Waals surface area contributed by atoms with Crippen molar-refractivity contribution in [2.24, 2.45) is 5.92 Å². The van der Waals surface area contributed by atoms with E-state index in [1.54, 1.807) is 0 Å². The standard InChI is InChI=1S/C17H23N3O/c1-14-19-13-17(20(14)16-5-3-2-4-6-16)12-18-11-15-7-9-21-10-8-15/h2-6,13,15,18H,7-12H2,1H3. The van der Waals surface area contributed by atoms with Gasteiger partial charge < -0.3 is 10.1 Å². The predicted octanol–water partition coefficient (Wildman–Crippen LogP) is 2.70. The normalized spacial score (nSPS) is 16.2. The number of aryl methyl sites for hydroxylation is 1. The fourth-order valence-corrected chi connectivity index (χ4v) is 2.90. The van der Waals surface area contributed by atoms with Gasteiger partial charge in [0.05, 0.1) is 11.9 Å². The van der Waals surface area contributed by atoms with Crippen LogP contribution in [0.3, 0.4) is 0 Å². The van der Waals surface area contributed by atoms with Crippen molar-refractivity contribution in [3.05, 3.63) is 48.0 Å². The average Bonchev–Trinajstić information content (AvgIpc) is 2.90. The number of nitrogens with one attached hydrogen (secondary N) is 1. The summed E-state index contributed by atoms with van der Waals surface area (Å²) in [7, 11) is 0. The molecular formula is C17H23N3O. The summed E-state index contributed by atoms with van der Waals surface area (Å²) in [5, 5.41) is 3.58. The van der Waals surface area contributed by atoms with Crippen molar-refractivity contribution in [1.82, 2.24) is 14.9 Å². The lowest BCUT2D eigenvalue weighted by atomic mass is 10.0. The van der Waals surface area contributed by atoms with Crippen LogP contribution < -0.4 is 5.32 Å². The molecule has 0 spiro atoms. The molecule has 1 fully saturated rings. The van der Waals surface area contributed by atoms with Crippen molar-refractivity contribution in [2.45, 2.75) is 26.3 Å². The van der Waals surface area contributed by atoms with Crippen LogP contribution in [0.25, 0.3) is 5.69 Å². The monoisotopic (exact) mass is 285 g/mol. The zero-order valence-electron chi connectivity index (χ0n) is 12.6. The number of hydrogen-bond acceptors (Lipinski definition) is 3. The van der Waals surface area contributed by atoms with E-state index in [1.165, 1.54) is 24.2 Å². The van der Waals surface area contributed by atoms with E-state index in [9.17, 15) is 0 Å². The van der Waals surface area contributed by atoms with E-state index < -0.39 is 0 Å². The minimum absolute atomic E-state index is 0.743. The lowest BCUT2D eigenvalue weighted by molar-refractivity contribution is 0.0662. The van der Waals surface area contributed by atoms with Crippen LogP contribution in [0.5, 0.6) is 0 Å². The Bertz CT molecular complexity index is 559. The number of para-hydroxylation sites is 1. The molecule has 1 aromatic heterocycles. The number of aromatic nitrogens is 2. The molecule has 2 aromatic rings. The van der Waals surface area contributed by atoms with Crippen LogP contribution in [-0.2, 0) is 11.3 Å². The van der Waals surface area contributed by atoms with E-state index in [1.807, 2.05) is 12.3 Å². The molecule has 1 aromatic carbocycles. The Labute approximate surface area is 126 Å². The molecule has 0 saturated carbocycles. The smallest absolute Gasteiger partial charge is 0.110 e. The summed E-state index contributed by atoms with van der Waals surface area (Å²) in [5.74, 6) is 1.78. The third-order valence-electron chi connectivity index (χ3n) is 4.11. The summed E-state index contributed by atoms with van der Waals surface area (Å²) in [6.45, 7) is 5.78. The van der Waals surface area contributed by atoms with Gasteiger partial charge in [0.2, 0.25) is 0 Å². The second kappa shape index (κ2) is 6.87. The molecule has 0 amide bonds. The second-order valence-electron chi connectivity index (χ2n) is 5.65. The first-order chi connectivity index (χ1) is 10.3. The van der Waals surface area contributed by atoms with Gasteiger partial charge in [0.1, 0.15) is 5.82 Å². The maximum absolute atomic E-state index is 5.40. The molecule has 0 bridgehead atoms. The topological polar surface area (TPSA) is 39.1 Å². The number of nitrogens with zero attached hydrogens (tertiary/aromatic N) is 2. The lowest BCUT2D eigenvalue weighted by Crippen LogP contribution is -2.28. The Hall–Kier alpha value is -1.65. The number of benzene rings is 1. The quantitative estimate of drug-likeness (QED) is 0.918. The Morgan fingerprint density at radius 3 is 2.76 bits per heavy atom. The van der Waals surface area contributed by atoms with Gasteiger partial charge in [0.25, 0.3) is 0 Å². The van der Waals surface area contributed by atoms with E-state index >= 15 is 0 Å². The van der Waals surface area contributed by atoms with Gasteiger partial charge in [-0.3, -0.25) is 4.57 Å². The number of hydrogen-bond donors (Lipinski definition) is 1. The van der Waals surface area contributed by atoms with E-state index in [0.717, 1.165) is 38.0 Å². The minimum atomic E-state index is 0.743. The SMILES string of the molecule is Cc1ncc(CNCC2CCOCC2)n1-c1ccccc1. The summed E-state index contributed by atoms with van der Waals surface area (Å²) in [5.41, 5.74) is 2.39. The highest BCUT2D eigenvalue weighted by Gasteiger charge is 2.14. The summed E-state index contributed by atoms with van der Waals surface area (Å²) in [6, 6.07) is 10.4. The molecule has 0 unspecified atom stereocenters. The van der Waals surface area contributed by atoms with Gasteiger partial charge in [-0.05, 0) is 44.4 Å². The van der Waals surface area contributed by atoms with Gasteiger partial charge in [0, 0.05) is 25.4 Å². The van der Waals surface area contributed by atoms with Crippen molar-refractivity contribution in [2.75, 3.05) is 19.8 Å². The largest absolute Gasteiger partial charge is 0.381 e. The third-order valence-corrected chi connectivity index (χ3v) is 4.11. The zero-order chi connectivity index (χ0) is 14.5. The number of rotatable bonds is 5. The van der Waals surface area contributed by atoms with Gasteiger partial charge in [-0.2, -0.15) is 0 Å². The average molecular weight is 285 g/mol. The lowest BCUT2D eigenvalue weighted by Gasteiger charge is -2.22. The van der Waals surface area contributed by atoms with E-state index in [-0.39, 0.29) is 0 Å². The molecule has 0 atom stereocenters. The van der Waals surface area contributed by atoms with Crippen LogP contribution >= 0.6 is 0 Å². The molecule has 4 nitrogen and oxygen atoms in total. The highest BCUT2D eigenvalue weighted by molar-refractivity contribution is 5.35. The summed E-state index contributed by atoms with van der Waals surface area (Å²) < 4.78 is 7.62. The molecule has 112 valence electrons. The molecule has 1 saturated heterocycles. The van der Waals surface area contributed by atoms with Crippen LogP contribution in [0.4, 0.5) is 0 Å². The number of ether oxygens (including phenoxy) is 1. The maximum Gasteiger partial charge on any atom is 0.110 e. The summed E-state index contributed by atoms with van der Waals surface area (Å²) in [4.78, 5) is 4.46. The second-order valence-corrected chi connectivity index (χ2v) is 5.65. The predicted molar refractivity (Wildman–Crippen MR) is 83.6 cm³/mol. The number of imidazole rings is 1. The molecule has 1 N–H and O–H groups in total. The van der Waals surface area contributed by atoms with E-state index in [4.69, 9.17) is 4.74 Å². The molecule has 3 rings (SSSR count). The van der Waals surface area contributed by atoms with Crippen LogP contribution in [0.2, 0.25) is 0 Å². The van der Waals surface area contributed by atoms with Crippen LogP contribution in [-0.4, -0.2) is 29.3 Å². The Morgan fingerprint density at radius 1 is 1.24 bits per heavy atom. The van der Waals surface area contributed by atoms with Gasteiger partial charge in [-0.15, -0.1) is 0 Å². The van der Waals surface area contributed by atoms with E-state index in [0.29, 0.717) is 0 Å². The Morgan fingerprint density at radius 2 is 2.00 bits per heavy atom. The summed E-state index contributed by atoms with van der Waals surface area (Å²) >= 11 is 0. The fraction of sp³-hybridized carbons (Fsp3) is 0.471. The van der Waals surface area contributed by atoms with Crippen molar-refractivity contribution >= 4 is 0 Å². The van der Waals surface area contributed by atoms with Gasteiger partial charge in [-0.1, -0.05) is 18.2 Å². The highest BCUT2D eigenvalue weighted by Crippen LogP contribution is 2.16. The fourth-order valence-electron chi connectivity index (χ4n) is 2.90. The third kappa shape index (κ3) is 3.52. The van der Waals surface area contributed by atoms with Crippen molar-refractivity contribution < 1.29 is 4.74 Å². The molecular weight excluding hydrogens is 262 g/mol. The first kappa shape index (κ1) is 14.3. The highest BCUT2D eigenvalue weighted by atomic mass is 16.5. The summed E-state index contributed by atoms with van der Waals surface area (Å²) in [6.07, 6.45) is 4.31. The molecule has 21 heavy (non-hydrogen) atoms. The van der Waals surface area contributed by atoms with Crippen LogP contribution in [0, 0.1) is 12.8 Å². The molecule has 4 heteroatoms. The van der Waals surface area contributed by atoms with Gasteiger partial charge in [-0.25, -0.2) is 4.98 Å². The first-order valence-electron chi connectivity index (χ1n) is 7.71. The minimum Gasteiger partial charge on any atom is -0.381 e. The van der Waals surface area contributed by atoms with Gasteiger partial charge in [0.15, 0.2) is 0 Å².